The molecule has 3 aromatic carbocycles. The van der Waals surface area contributed by atoms with Crippen LogP contribution in [-0.2, 0) is 10.8 Å². The topological polar surface area (TPSA) is 6.48 Å². The van der Waals surface area contributed by atoms with Gasteiger partial charge < -0.3 is 9.80 Å². The Morgan fingerprint density at radius 3 is 1.23 bits per heavy atom. The van der Waals surface area contributed by atoms with Crippen LogP contribution in [0.15, 0.2) is 60.7 Å². The lowest BCUT2D eigenvalue weighted by molar-refractivity contribution is 0.590. The number of aryl methyl sites for hydroxylation is 3. The molecular formula is C39H43BN2S2. The van der Waals surface area contributed by atoms with Gasteiger partial charge in [0.25, 0.3) is 6.71 Å². The summed E-state index contributed by atoms with van der Waals surface area (Å²) in [4.78, 5) is 7.94. The van der Waals surface area contributed by atoms with Gasteiger partial charge in [0.15, 0.2) is 0 Å². The summed E-state index contributed by atoms with van der Waals surface area (Å²) in [7, 11) is 0. The fourth-order valence-corrected chi connectivity index (χ4v) is 9.53. The van der Waals surface area contributed by atoms with Crippen LogP contribution in [0.3, 0.4) is 0 Å². The van der Waals surface area contributed by atoms with Crippen molar-refractivity contribution in [1.82, 2.24) is 0 Å². The highest BCUT2D eigenvalue weighted by molar-refractivity contribution is 7.23. The number of nitrogens with zero attached hydrogens (tertiary/aromatic N) is 2. The van der Waals surface area contributed by atoms with Crippen LogP contribution in [0.5, 0.6) is 0 Å². The van der Waals surface area contributed by atoms with Crippen molar-refractivity contribution in [3.05, 3.63) is 98.2 Å². The summed E-state index contributed by atoms with van der Waals surface area (Å²) >= 11 is 3.90. The number of benzene rings is 3. The van der Waals surface area contributed by atoms with E-state index in [0.717, 1.165) is 0 Å². The Balaban J connectivity index is 1.53. The minimum absolute atomic E-state index is 0.114. The van der Waals surface area contributed by atoms with Gasteiger partial charge in [-0.15, -0.1) is 22.7 Å². The van der Waals surface area contributed by atoms with Gasteiger partial charge in [-0.3, -0.25) is 0 Å². The number of thiophene rings is 2. The molecule has 0 saturated carbocycles. The molecule has 2 aliphatic heterocycles. The number of hydrogen-bond donors (Lipinski definition) is 0. The molecule has 224 valence electrons. The maximum Gasteiger partial charge on any atom is 0.255 e. The van der Waals surface area contributed by atoms with Crippen molar-refractivity contribution in [3.63, 3.8) is 0 Å². The summed E-state index contributed by atoms with van der Waals surface area (Å²) < 4.78 is 0. The van der Waals surface area contributed by atoms with Gasteiger partial charge in [-0.05, 0) is 126 Å². The highest BCUT2D eigenvalue weighted by atomic mass is 32.1. The summed E-state index contributed by atoms with van der Waals surface area (Å²) in [5.74, 6) is 0. The quantitative estimate of drug-likeness (QED) is 0.179. The van der Waals surface area contributed by atoms with E-state index in [9.17, 15) is 0 Å². The van der Waals surface area contributed by atoms with Gasteiger partial charge in [-0.25, -0.2) is 0 Å². The smallest absolute Gasteiger partial charge is 0.255 e. The van der Waals surface area contributed by atoms with E-state index in [-0.39, 0.29) is 17.5 Å². The van der Waals surface area contributed by atoms with Crippen LogP contribution in [0, 0.1) is 34.6 Å². The Hall–Kier alpha value is -3.28. The molecule has 7 rings (SSSR count). The zero-order valence-corrected chi connectivity index (χ0v) is 29.7. The van der Waals surface area contributed by atoms with Crippen molar-refractivity contribution < 1.29 is 0 Å². The number of fused-ring (bicyclic) bond motifs is 4. The molecule has 2 nitrogen and oxygen atoms in total. The zero-order chi connectivity index (χ0) is 31.5. The largest absolute Gasteiger partial charge is 0.303 e. The van der Waals surface area contributed by atoms with E-state index in [1.54, 1.807) is 0 Å². The molecule has 0 N–H and O–H groups in total. The fourth-order valence-electron chi connectivity index (χ4n) is 7.08. The molecule has 0 spiro atoms. The minimum atomic E-state index is 0.114. The Labute approximate surface area is 272 Å². The molecule has 4 heterocycles. The second-order valence-corrected chi connectivity index (χ2v) is 17.3. The highest BCUT2D eigenvalue weighted by Crippen LogP contribution is 2.49. The Kier molecular flexibility index (Phi) is 6.60. The third-order valence-electron chi connectivity index (χ3n) is 9.84. The van der Waals surface area contributed by atoms with Crippen LogP contribution < -0.4 is 26.2 Å². The van der Waals surface area contributed by atoms with Crippen LogP contribution in [0.4, 0.5) is 32.8 Å². The summed E-state index contributed by atoms with van der Waals surface area (Å²) in [5.41, 5.74) is 16.6. The van der Waals surface area contributed by atoms with Crippen molar-refractivity contribution in [2.24, 2.45) is 0 Å². The van der Waals surface area contributed by atoms with Gasteiger partial charge in [0.2, 0.25) is 0 Å². The summed E-state index contributed by atoms with van der Waals surface area (Å²) in [6.45, 7) is 25.5. The molecule has 0 amide bonds. The van der Waals surface area contributed by atoms with E-state index in [1.807, 2.05) is 22.7 Å². The molecule has 0 atom stereocenters. The molecule has 44 heavy (non-hydrogen) atoms. The second-order valence-electron chi connectivity index (χ2n) is 14.9. The van der Waals surface area contributed by atoms with E-state index in [4.69, 9.17) is 0 Å². The average molecular weight is 615 g/mol. The third-order valence-corrected chi connectivity index (χ3v) is 12.3. The highest BCUT2D eigenvalue weighted by Gasteiger charge is 2.47. The van der Waals surface area contributed by atoms with E-state index < -0.39 is 0 Å². The predicted molar refractivity (Wildman–Crippen MR) is 197 cm³/mol. The maximum atomic E-state index is 2.56. The van der Waals surface area contributed by atoms with E-state index in [2.05, 4.69) is 147 Å². The first kappa shape index (κ1) is 29.4. The molecule has 5 heteroatoms. The van der Waals surface area contributed by atoms with Crippen LogP contribution in [0.1, 0.15) is 79.1 Å². The molecule has 0 aliphatic carbocycles. The van der Waals surface area contributed by atoms with Crippen LogP contribution in [0.2, 0.25) is 0 Å². The maximum absolute atomic E-state index is 2.56. The fraction of sp³-hybridized carbons (Fsp3) is 0.333. The first-order valence-electron chi connectivity index (χ1n) is 15.8. The van der Waals surface area contributed by atoms with Gasteiger partial charge >= 0.3 is 0 Å². The first-order valence-corrected chi connectivity index (χ1v) is 17.5. The normalized spacial score (nSPS) is 14.1. The van der Waals surface area contributed by atoms with Crippen molar-refractivity contribution >= 4 is 78.5 Å². The number of rotatable bonds is 2. The van der Waals surface area contributed by atoms with Gasteiger partial charge in [0, 0.05) is 32.5 Å². The molecular weight excluding hydrogens is 571 g/mol. The number of hydrogen-bond acceptors (Lipinski definition) is 4. The van der Waals surface area contributed by atoms with Crippen LogP contribution in [-0.4, -0.2) is 6.71 Å². The van der Waals surface area contributed by atoms with Gasteiger partial charge in [0.1, 0.15) is 0 Å². The predicted octanol–water partition coefficient (Wildman–Crippen LogP) is 10.0. The molecule has 2 aliphatic rings. The van der Waals surface area contributed by atoms with Gasteiger partial charge in [0.05, 0.1) is 10.0 Å². The molecule has 0 fully saturated rings. The van der Waals surface area contributed by atoms with Crippen molar-refractivity contribution in [3.8, 4) is 0 Å². The Morgan fingerprint density at radius 1 is 0.523 bits per heavy atom. The minimum Gasteiger partial charge on any atom is -0.303 e. The average Bonchev–Trinajstić information content (AvgIpc) is 3.41. The molecule has 0 unspecified atom stereocenters. The standard InChI is InChI=1S/C39H43BN2S2/c1-22-20-31-35-32(21-22)42(30-18-14-28(15-19-30)39(9,10)11)37-34(24(3)26(5)44-37)40(35)33-23(2)25(4)43-36(33)41(31)29-16-12-27(13-17-29)38(6,7)8/h12-21H,1-11H3. The summed E-state index contributed by atoms with van der Waals surface area (Å²) in [6, 6.07) is 23.5. The molecule has 0 bridgehead atoms. The monoisotopic (exact) mass is 614 g/mol. The van der Waals surface area contributed by atoms with E-state index in [0.29, 0.717) is 0 Å². The first-order chi connectivity index (χ1) is 20.7. The molecule has 5 aromatic rings. The number of anilines is 6. The molecule has 0 radical (unpaired) electrons. The van der Waals surface area contributed by atoms with Gasteiger partial charge in [-0.2, -0.15) is 0 Å². The lowest BCUT2D eigenvalue weighted by Crippen LogP contribution is -2.61. The SMILES string of the molecule is Cc1cc2c3c(c1)N(c1ccc(C(C)(C)C)cc1)c1sc(C)c(C)c1B3c1c(sc(C)c1C)N2c1ccc(C(C)(C)C)cc1. The van der Waals surface area contributed by atoms with E-state index >= 15 is 0 Å². The summed E-state index contributed by atoms with van der Waals surface area (Å²) in [5, 5.41) is 2.74. The summed E-state index contributed by atoms with van der Waals surface area (Å²) in [6.07, 6.45) is 0. The zero-order valence-electron chi connectivity index (χ0n) is 28.1. The van der Waals surface area contributed by atoms with Crippen molar-refractivity contribution in [2.45, 2.75) is 87.0 Å². The van der Waals surface area contributed by atoms with E-state index in [1.165, 1.54) is 86.7 Å². The third kappa shape index (κ3) is 4.34. The van der Waals surface area contributed by atoms with Crippen molar-refractivity contribution in [2.75, 3.05) is 9.80 Å². The second kappa shape index (κ2) is 9.86. The lowest BCUT2D eigenvalue weighted by atomic mass is 9.33. The molecule has 2 aromatic heterocycles. The van der Waals surface area contributed by atoms with Crippen LogP contribution in [0.25, 0.3) is 0 Å². The Bertz CT molecular complexity index is 1790. The molecule has 0 saturated heterocycles. The lowest BCUT2D eigenvalue weighted by Gasteiger charge is -2.42. The van der Waals surface area contributed by atoms with Gasteiger partial charge in [-0.1, -0.05) is 65.8 Å². The van der Waals surface area contributed by atoms with Crippen LogP contribution >= 0.6 is 22.7 Å². The van der Waals surface area contributed by atoms with Crippen molar-refractivity contribution in [1.29, 1.82) is 0 Å². The Morgan fingerprint density at radius 2 is 0.886 bits per heavy atom.